The smallest absolute Gasteiger partial charge is 0.316 e. The quantitative estimate of drug-likeness (QED) is 0.557. The molecule has 1 N–H and O–H groups in total. The van der Waals surface area contributed by atoms with Gasteiger partial charge in [0.1, 0.15) is 0 Å². The van der Waals surface area contributed by atoms with E-state index >= 15 is 0 Å². The van der Waals surface area contributed by atoms with Crippen molar-refractivity contribution in [2.45, 2.75) is 13.5 Å². The summed E-state index contributed by atoms with van der Waals surface area (Å²) in [5.74, 6) is -0.275. The molecule has 2 aromatic heterocycles. The number of carbonyl (C=O) groups is 1. The summed E-state index contributed by atoms with van der Waals surface area (Å²) < 4.78 is 6.86. The van der Waals surface area contributed by atoms with Crippen LogP contribution >= 0.6 is 11.6 Å². The number of hydrogen-bond acceptors (Lipinski definition) is 5. The number of amides is 1. The number of para-hydroxylation sites is 1. The van der Waals surface area contributed by atoms with Gasteiger partial charge in [-0.05, 0) is 30.7 Å². The van der Waals surface area contributed by atoms with Crippen LogP contribution in [0, 0.1) is 6.92 Å². The van der Waals surface area contributed by atoms with Crippen LogP contribution in [-0.4, -0.2) is 25.8 Å². The molecule has 0 unspecified atom stereocenters. The van der Waals surface area contributed by atoms with Crippen LogP contribution in [0.4, 0.5) is 0 Å². The molecule has 0 fully saturated rings. The molecule has 4 rings (SSSR count). The molecule has 0 spiro atoms. The minimum absolute atomic E-state index is 0.117. The average Bonchev–Trinajstić information content (AvgIpc) is 3.34. The van der Waals surface area contributed by atoms with Crippen molar-refractivity contribution in [2.75, 3.05) is 0 Å². The molecule has 0 saturated carbocycles. The second-order valence-corrected chi connectivity index (χ2v) is 6.51. The fraction of sp³-hybridized carbons (Fsp3) is 0.100. The predicted octanol–water partition coefficient (Wildman–Crippen LogP) is 3.81. The molecule has 0 bridgehead atoms. The maximum Gasteiger partial charge on any atom is 0.316 e. The molecule has 0 saturated heterocycles. The maximum absolute atomic E-state index is 12.3. The molecule has 28 heavy (non-hydrogen) atoms. The number of rotatable bonds is 5. The van der Waals surface area contributed by atoms with E-state index in [1.807, 2.05) is 55.5 Å². The third kappa shape index (κ3) is 3.65. The zero-order valence-corrected chi connectivity index (χ0v) is 15.7. The lowest BCUT2D eigenvalue weighted by molar-refractivity contribution is 0.0907. The van der Waals surface area contributed by atoms with Crippen LogP contribution in [0.2, 0.25) is 5.02 Å². The Morgan fingerprint density at radius 3 is 2.68 bits per heavy atom. The summed E-state index contributed by atoms with van der Waals surface area (Å²) in [5, 5.41) is 11.7. The molecular weight excluding hydrogens is 378 g/mol. The summed E-state index contributed by atoms with van der Waals surface area (Å²) in [6.45, 7) is 2.11. The number of halogens is 1. The molecule has 0 aliphatic carbocycles. The van der Waals surface area contributed by atoms with Gasteiger partial charge in [-0.2, -0.15) is 10.1 Å². The summed E-state index contributed by atoms with van der Waals surface area (Å²) in [7, 11) is 0. The van der Waals surface area contributed by atoms with Gasteiger partial charge in [0.2, 0.25) is 5.82 Å². The van der Waals surface area contributed by atoms with E-state index in [1.165, 1.54) is 0 Å². The fourth-order valence-corrected chi connectivity index (χ4v) is 2.91. The zero-order valence-electron chi connectivity index (χ0n) is 15.0. The summed E-state index contributed by atoms with van der Waals surface area (Å²) >= 11 is 6.10. The number of nitrogens with one attached hydrogen (secondary N) is 1. The van der Waals surface area contributed by atoms with E-state index < -0.39 is 5.91 Å². The minimum atomic E-state index is -0.466. The minimum Gasteiger partial charge on any atom is -0.344 e. The van der Waals surface area contributed by atoms with Gasteiger partial charge in [-0.25, -0.2) is 4.68 Å². The second-order valence-electron chi connectivity index (χ2n) is 6.11. The lowest BCUT2D eigenvalue weighted by atomic mass is 10.2. The molecule has 0 aliphatic heterocycles. The SMILES string of the molecule is Cc1nn(-c2ccccc2)cc1-c1noc(C(=O)NCc2ccccc2Cl)n1. The van der Waals surface area contributed by atoms with Crippen molar-refractivity contribution in [1.29, 1.82) is 0 Å². The third-order valence-electron chi connectivity index (χ3n) is 4.18. The average molecular weight is 394 g/mol. The van der Waals surface area contributed by atoms with Gasteiger partial charge in [-0.3, -0.25) is 4.79 Å². The molecular formula is C20H16ClN5O2. The molecule has 1 amide bonds. The van der Waals surface area contributed by atoms with E-state index in [0.717, 1.165) is 16.9 Å². The van der Waals surface area contributed by atoms with E-state index in [4.69, 9.17) is 16.1 Å². The zero-order chi connectivity index (χ0) is 19.5. The molecule has 140 valence electrons. The lowest BCUT2D eigenvalue weighted by Crippen LogP contribution is -2.23. The van der Waals surface area contributed by atoms with Crippen molar-refractivity contribution in [3.63, 3.8) is 0 Å². The maximum atomic E-state index is 12.3. The first kappa shape index (κ1) is 17.9. The first-order chi connectivity index (χ1) is 13.6. The standard InChI is InChI=1S/C20H16ClN5O2/c1-13-16(12-26(24-13)15-8-3-2-4-9-15)18-23-20(28-25-18)19(27)22-11-14-7-5-6-10-17(14)21/h2-10,12H,11H2,1H3,(H,22,27). The largest absolute Gasteiger partial charge is 0.344 e. The Kier molecular flexibility index (Phi) is 4.90. The Morgan fingerprint density at radius 2 is 1.89 bits per heavy atom. The molecule has 7 nitrogen and oxygen atoms in total. The van der Waals surface area contributed by atoms with Crippen molar-refractivity contribution in [1.82, 2.24) is 25.2 Å². The third-order valence-corrected chi connectivity index (χ3v) is 4.55. The highest BCUT2D eigenvalue weighted by Gasteiger charge is 2.19. The number of hydrogen-bond donors (Lipinski definition) is 1. The van der Waals surface area contributed by atoms with Gasteiger partial charge in [0.15, 0.2) is 0 Å². The van der Waals surface area contributed by atoms with Gasteiger partial charge in [0, 0.05) is 17.8 Å². The summed E-state index contributed by atoms with van der Waals surface area (Å²) in [4.78, 5) is 16.5. The van der Waals surface area contributed by atoms with E-state index in [9.17, 15) is 4.79 Å². The molecule has 0 atom stereocenters. The highest BCUT2D eigenvalue weighted by molar-refractivity contribution is 6.31. The monoisotopic (exact) mass is 393 g/mol. The van der Waals surface area contributed by atoms with E-state index in [-0.39, 0.29) is 12.4 Å². The molecule has 4 aromatic rings. The van der Waals surface area contributed by atoms with Crippen LogP contribution in [0.1, 0.15) is 21.9 Å². The lowest BCUT2D eigenvalue weighted by Gasteiger charge is -2.04. The van der Waals surface area contributed by atoms with E-state index in [2.05, 4.69) is 20.6 Å². The Morgan fingerprint density at radius 1 is 1.14 bits per heavy atom. The molecule has 2 heterocycles. The number of carbonyl (C=O) groups excluding carboxylic acids is 1. The Hall–Kier alpha value is -3.45. The van der Waals surface area contributed by atoms with Gasteiger partial charge in [0.25, 0.3) is 0 Å². The van der Waals surface area contributed by atoms with Gasteiger partial charge in [0.05, 0.1) is 16.9 Å². The van der Waals surface area contributed by atoms with Crippen molar-refractivity contribution >= 4 is 17.5 Å². The fourth-order valence-electron chi connectivity index (χ4n) is 2.71. The van der Waals surface area contributed by atoms with Crippen molar-refractivity contribution in [3.05, 3.63) is 83.0 Å². The summed E-state index contributed by atoms with van der Waals surface area (Å²) in [5.41, 5.74) is 3.14. The van der Waals surface area contributed by atoms with Crippen LogP contribution < -0.4 is 5.32 Å². The Balaban J connectivity index is 1.51. The predicted molar refractivity (Wildman–Crippen MR) is 104 cm³/mol. The normalized spacial score (nSPS) is 10.8. The first-order valence-electron chi connectivity index (χ1n) is 8.59. The van der Waals surface area contributed by atoms with E-state index in [1.54, 1.807) is 16.9 Å². The summed E-state index contributed by atoms with van der Waals surface area (Å²) in [6, 6.07) is 17.0. The van der Waals surface area contributed by atoms with Gasteiger partial charge >= 0.3 is 11.8 Å². The van der Waals surface area contributed by atoms with E-state index in [0.29, 0.717) is 16.4 Å². The van der Waals surface area contributed by atoms with Crippen LogP contribution in [0.5, 0.6) is 0 Å². The topological polar surface area (TPSA) is 85.8 Å². The number of nitrogens with zero attached hydrogens (tertiary/aromatic N) is 4. The van der Waals surface area contributed by atoms with Crippen molar-refractivity contribution < 1.29 is 9.32 Å². The number of benzene rings is 2. The van der Waals surface area contributed by atoms with Gasteiger partial charge in [-0.15, -0.1) is 0 Å². The number of aromatic nitrogens is 4. The number of aryl methyl sites for hydroxylation is 1. The van der Waals surface area contributed by atoms with Crippen molar-refractivity contribution in [3.8, 4) is 17.1 Å². The Labute approximate surface area is 166 Å². The van der Waals surface area contributed by atoms with Crippen LogP contribution in [0.15, 0.2) is 65.3 Å². The van der Waals surface area contributed by atoms with Crippen LogP contribution in [0.3, 0.4) is 0 Å². The van der Waals surface area contributed by atoms with Crippen LogP contribution in [0.25, 0.3) is 17.1 Å². The molecule has 8 heteroatoms. The summed E-state index contributed by atoms with van der Waals surface area (Å²) in [6.07, 6.45) is 1.81. The van der Waals surface area contributed by atoms with Crippen molar-refractivity contribution in [2.24, 2.45) is 0 Å². The molecule has 2 aromatic carbocycles. The van der Waals surface area contributed by atoms with Gasteiger partial charge in [-0.1, -0.05) is 53.2 Å². The molecule has 0 radical (unpaired) electrons. The molecule has 0 aliphatic rings. The second kappa shape index (κ2) is 7.66. The Bertz CT molecular complexity index is 1120. The van der Waals surface area contributed by atoms with Crippen LogP contribution in [-0.2, 0) is 6.54 Å². The highest BCUT2D eigenvalue weighted by Crippen LogP contribution is 2.21. The highest BCUT2D eigenvalue weighted by atomic mass is 35.5. The first-order valence-corrected chi connectivity index (χ1v) is 8.97. The van der Waals surface area contributed by atoms with Gasteiger partial charge < -0.3 is 9.84 Å².